The SMILES string of the molecule is C[C@]12CC[C@@H]3c4ccc(O)cc4CC(CCCCCCCCCCCO)[C@H]3[C@@]13C=C[C@@]2(O)CC3. The summed E-state index contributed by atoms with van der Waals surface area (Å²) < 4.78 is 0. The van der Waals surface area contributed by atoms with Crippen LogP contribution in [0.3, 0.4) is 0 Å². The second kappa shape index (κ2) is 9.62. The van der Waals surface area contributed by atoms with E-state index in [9.17, 15) is 10.2 Å². The molecule has 1 aromatic rings. The number of rotatable bonds is 11. The van der Waals surface area contributed by atoms with E-state index in [2.05, 4.69) is 25.1 Å². The van der Waals surface area contributed by atoms with E-state index in [-0.39, 0.29) is 10.8 Å². The molecule has 5 rings (SSSR count). The molecule has 0 spiro atoms. The lowest BCUT2D eigenvalue weighted by atomic mass is 9.45. The maximum Gasteiger partial charge on any atom is 0.115 e. The Morgan fingerprint density at radius 3 is 2.26 bits per heavy atom. The highest BCUT2D eigenvalue weighted by Crippen LogP contribution is 2.75. The number of allylic oxidation sites excluding steroid dienone is 1. The second-order valence-corrected chi connectivity index (χ2v) is 12.3. The Morgan fingerprint density at radius 2 is 1.59 bits per heavy atom. The number of aromatic hydroxyl groups is 1. The number of fused-ring (bicyclic) bond motifs is 3. The molecule has 0 saturated heterocycles. The van der Waals surface area contributed by atoms with E-state index in [0.717, 1.165) is 38.5 Å². The van der Waals surface area contributed by atoms with Crippen molar-refractivity contribution in [1.82, 2.24) is 0 Å². The van der Waals surface area contributed by atoms with E-state index in [1.165, 1.54) is 68.9 Å². The first-order chi connectivity index (χ1) is 16.4. The minimum absolute atomic E-state index is 0.0101. The molecule has 2 fully saturated rings. The molecule has 4 aliphatic rings. The lowest BCUT2D eigenvalue weighted by molar-refractivity contribution is -0.100. The predicted octanol–water partition coefficient (Wildman–Crippen LogP) is 7.04. The van der Waals surface area contributed by atoms with Crippen LogP contribution in [-0.2, 0) is 6.42 Å². The number of aliphatic hydroxyl groups is 2. The molecule has 2 bridgehead atoms. The molecule has 1 aromatic carbocycles. The van der Waals surface area contributed by atoms with Crippen LogP contribution < -0.4 is 0 Å². The highest BCUT2D eigenvalue weighted by molar-refractivity contribution is 5.44. The van der Waals surface area contributed by atoms with Crippen molar-refractivity contribution in [3.05, 3.63) is 41.5 Å². The molecule has 34 heavy (non-hydrogen) atoms. The number of phenols is 1. The van der Waals surface area contributed by atoms with Gasteiger partial charge < -0.3 is 15.3 Å². The highest BCUT2D eigenvalue weighted by Gasteiger charge is 2.72. The maximum atomic E-state index is 11.5. The molecule has 188 valence electrons. The number of aliphatic hydroxyl groups excluding tert-OH is 1. The summed E-state index contributed by atoms with van der Waals surface area (Å²) in [5.74, 6) is 2.22. The van der Waals surface area contributed by atoms with Crippen LogP contribution in [0, 0.1) is 22.7 Å². The zero-order valence-electron chi connectivity index (χ0n) is 21.3. The molecule has 0 amide bonds. The number of hydrogen-bond acceptors (Lipinski definition) is 3. The predicted molar refractivity (Wildman–Crippen MR) is 138 cm³/mol. The molecule has 0 heterocycles. The van der Waals surface area contributed by atoms with Crippen molar-refractivity contribution in [2.75, 3.05) is 6.61 Å². The van der Waals surface area contributed by atoms with E-state index in [1.807, 2.05) is 12.1 Å². The van der Waals surface area contributed by atoms with Crippen LogP contribution in [0.25, 0.3) is 0 Å². The monoisotopic (exact) mass is 466 g/mol. The van der Waals surface area contributed by atoms with E-state index < -0.39 is 5.60 Å². The molecule has 3 heteroatoms. The Labute approximate surface area is 206 Å². The molecule has 0 aliphatic heterocycles. The van der Waals surface area contributed by atoms with Gasteiger partial charge in [-0.2, -0.15) is 0 Å². The minimum Gasteiger partial charge on any atom is -0.508 e. The zero-order chi connectivity index (χ0) is 23.8. The highest BCUT2D eigenvalue weighted by atomic mass is 16.3. The van der Waals surface area contributed by atoms with Crippen LogP contribution in [-0.4, -0.2) is 27.5 Å². The van der Waals surface area contributed by atoms with Crippen LogP contribution in [0.5, 0.6) is 5.75 Å². The fourth-order valence-electron chi connectivity index (χ4n) is 8.93. The van der Waals surface area contributed by atoms with Gasteiger partial charge in [-0.3, -0.25) is 0 Å². The van der Waals surface area contributed by atoms with Gasteiger partial charge in [-0.05, 0) is 86.0 Å². The van der Waals surface area contributed by atoms with E-state index >= 15 is 0 Å². The van der Waals surface area contributed by atoms with Crippen molar-refractivity contribution in [2.24, 2.45) is 22.7 Å². The molecule has 0 radical (unpaired) electrons. The van der Waals surface area contributed by atoms with Gasteiger partial charge in [0.15, 0.2) is 0 Å². The Hall–Kier alpha value is -1.32. The van der Waals surface area contributed by atoms with Crippen LogP contribution in [0.2, 0.25) is 0 Å². The van der Waals surface area contributed by atoms with Gasteiger partial charge in [0.05, 0.1) is 5.60 Å². The Balaban J connectivity index is 1.26. The fourth-order valence-corrected chi connectivity index (χ4v) is 8.93. The van der Waals surface area contributed by atoms with Gasteiger partial charge >= 0.3 is 0 Å². The lowest BCUT2D eigenvalue weighted by Crippen LogP contribution is -2.54. The molecule has 3 N–H and O–H groups in total. The van der Waals surface area contributed by atoms with Gasteiger partial charge in [-0.15, -0.1) is 0 Å². The van der Waals surface area contributed by atoms with Gasteiger partial charge in [0, 0.05) is 17.4 Å². The van der Waals surface area contributed by atoms with Gasteiger partial charge in [0.1, 0.15) is 5.75 Å². The molecular weight excluding hydrogens is 420 g/mol. The lowest BCUT2D eigenvalue weighted by Gasteiger charge is -2.59. The van der Waals surface area contributed by atoms with Crippen molar-refractivity contribution in [2.45, 2.75) is 115 Å². The molecule has 0 aromatic heterocycles. The van der Waals surface area contributed by atoms with Gasteiger partial charge in [-0.1, -0.05) is 76.5 Å². The summed E-state index contributed by atoms with van der Waals surface area (Å²) in [5.41, 5.74) is 2.38. The van der Waals surface area contributed by atoms with Crippen LogP contribution in [0.15, 0.2) is 30.4 Å². The summed E-state index contributed by atoms with van der Waals surface area (Å²) in [6.07, 6.45) is 22.6. The first-order valence-electron chi connectivity index (χ1n) is 14.3. The van der Waals surface area contributed by atoms with Crippen LogP contribution >= 0.6 is 0 Å². The molecule has 1 unspecified atom stereocenters. The number of phenolic OH excluding ortho intramolecular Hbond substituents is 1. The maximum absolute atomic E-state index is 11.5. The molecule has 4 aliphatic carbocycles. The molecular formula is C31H46O3. The van der Waals surface area contributed by atoms with Gasteiger partial charge in [-0.25, -0.2) is 0 Å². The van der Waals surface area contributed by atoms with Crippen molar-refractivity contribution in [1.29, 1.82) is 0 Å². The first-order valence-corrected chi connectivity index (χ1v) is 14.3. The average molecular weight is 467 g/mol. The third kappa shape index (κ3) is 3.86. The van der Waals surface area contributed by atoms with Crippen molar-refractivity contribution >= 4 is 0 Å². The van der Waals surface area contributed by atoms with Crippen molar-refractivity contribution in [3.63, 3.8) is 0 Å². The minimum atomic E-state index is -0.602. The van der Waals surface area contributed by atoms with E-state index in [1.54, 1.807) is 0 Å². The standard InChI is InChI=1S/C31H46O3/c1-29-15-14-27-26-13-12-25(33)22-24(26)21-23(11-9-7-5-3-2-4-6-8-10-20-32)28(27)30(29)16-18-31(29,34)19-17-30/h12-13,16,18,22-23,27-28,32-34H,2-11,14-15,17,19-21H2,1H3/t23?,27-,28-,29+,30+,31-/m1/s1. The third-order valence-corrected chi connectivity index (χ3v) is 10.8. The summed E-state index contributed by atoms with van der Waals surface area (Å²) in [5, 5.41) is 30.6. The molecule has 6 atom stereocenters. The normalized spacial score (nSPS) is 37.4. The summed E-state index contributed by atoms with van der Waals surface area (Å²) >= 11 is 0. The molecule has 2 saturated carbocycles. The molecule has 3 nitrogen and oxygen atoms in total. The third-order valence-electron chi connectivity index (χ3n) is 10.8. The summed E-state index contributed by atoms with van der Waals surface area (Å²) in [6.45, 7) is 2.73. The Morgan fingerprint density at radius 1 is 0.882 bits per heavy atom. The smallest absolute Gasteiger partial charge is 0.115 e. The summed E-state index contributed by atoms with van der Waals surface area (Å²) in [7, 11) is 0. The number of hydrogen-bond donors (Lipinski definition) is 3. The van der Waals surface area contributed by atoms with E-state index in [4.69, 9.17) is 5.11 Å². The average Bonchev–Trinajstić information content (AvgIpc) is 3.20. The second-order valence-electron chi connectivity index (χ2n) is 12.3. The van der Waals surface area contributed by atoms with Gasteiger partial charge in [0.25, 0.3) is 0 Å². The van der Waals surface area contributed by atoms with E-state index in [0.29, 0.717) is 30.1 Å². The van der Waals surface area contributed by atoms with Crippen LogP contribution in [0.4, 0.5) is 0 Å². The fraction of sp³-hybridized carbons (Fsp3) is 0.742. The van der Waals surface area contributed by atoms with Gasteiger partial charge in [0.2, 0.25) is 0 Å². The van der Waals surface area contributed by atoms with Crippen LogP contribution in [0.1, 0.15) is 114 Å². The van der Waals surface area contributed by atoms with Crippen molar-refractivity contribution < 1.29 is 15.3 Å². The van der Waals surface area contributed by atoms with Crippen molar-refractivity contribution in [3.8, 4) is 5.75 Å². The number of benzene rings is 1. The Kier molecular flexibility index (Phi) is 6.90. The first kappa shape index (κ1) is 24.4. The Bertz CT molecular complexity index is 893. The summed E-state index contributed by atoms with van der Waals surface area (Å²) in [6, 6.07) is 6.13. The number of unbranched alkanes of at least 4 members (excludes halogenated alkanes) is 8. The zero-order valence-corrected chi connectivity index (χ0v) is 21.3. The largest absolute Gasteiger partial charge is 0.508 e. The quantitative estimate of drug-likeness (QED) is 0.242. The summed E-state index contributed by atoms with van der Waals surface area (Å²) in [4.78, 5) is 0. The topological polar surface area (TPSA) is 60.7 Å².